The van der Waals surface area contributed by atoms with Gasteiger partial charge in [0, 0.05) is 23.6 Å². The van der Waals surface area contributed by atoms with Crippen LogP contribution in [0.3, 0.4) is 0 Å². The second kappa shape index (κ2) is 9.75. The monoisotopic (exact) mass is 421 g/mol. The van der Waals surface area contributed by atoms with Crippen LogP contribution in [-0.4, -0.2) is 25.0 Å². The molecule has 3 rings (SSSR count). The molecule has 1 amide bonds. The number of benzene rings is 2. The fourth-order valence-corrected chi connectivity index (χ4v) is 2.75. The zero-order valence-electron chi connectivity index (χ0n) is 17.5. The maximum Gasteiger partial charge on any atom is 0.349 e. The van der Waals surface area contributed by atoms with Gasteiger partial charge in [-0.05, 0) is 55.3 Å². The van der Waals surface area contributed by atoms with E-state index in [-0.39, 0.29) is 22.9 Å². The maximum atomic E-state index is 12.3. The van der Waals surface area contributed by atoms with Gasteiger partial charge in [-0.15, -0.1) is 0 Å². The van der Waals surface area contributed by atoms with Gasteiger partial charge in [0.05, 0.1) is 7.11 Å². The minimum atomic E-state index is -0.754. The van der Waals surface area contributed by atoms with E-state index in [1.54, 1.807) is 37.5 Å². The molecule has 1 aromatic heterocycles. The van der Waals surface area contributed by atoms with Gasteiger partial charge in [-0.1, -0.05) is 19.1 Å². The number of hydrogen-bond donors (Lipinski definition) is 1. The van der Waals surface area contributed by atoms with E-state index in [1.165, 1.54) is 18.2 Å². The smallest absolute Gasteiger partial charge is 0.349 e. The molecule has 0 radical (unpaired) electrons. The van der Waals surface area contributed by atoms with E-state index < -0.39 is 17.5 Å². The van der Waals surface area contributed by atoms with E-state index in [0.29, 0.717) is 5.39 Å². The predicted molar refractivity (Wildman–Crippen MR) is 117 cm³/mol. The number of amides is 1. The Labute approximate surface area is 179 Å². The molecule has 0 spiro atoms. The Hall–Kier alpha value is -3.87. The van der Waals surface area contributed by atoms with E-state index >= 15 is 0 Å². The molecule has 0 fully saturated rings. The first kappa shape index (κ1) is 21.8. The third-order valence-electron chi connectivity index (χ3n) is 4.69. The summed E-state index contributed by atoms with van der Waals surface area (Å²) in [5, 5.41) is 3.28. The third kappa shape index (κ3) is 5.60. The van der Waals surface area contributed by atoms with Crippen LogP contribution >= 0.6 is 0 Å². The summed E-state index contributed by atoms with van der Waals surface area (Å²) < 4.78 is 15.6. The van der Waals surface area contributed by atoms with E-state index in [4.69, 9.17) is 13.9 Å². The Bertz CT molecular complexity index is 1180. The number of nitrogens with one attached hydrogen (secondary N) is 1. The lowest BCUT2D eigenvalue weighted by molar-refractivity contribution is -0.128. The molecule has 7 nitrogen and oxygen atoms in total. The lowest BCUT2D eigenvalue weighted by Gasteiger charge is -2.11. The number of esters is 1. The van der Waals surface area contributed by atoms with Crippen molar-refractivity contribution in [1.82, 2.24) is 5.32 Å². The zero-order chi connectivity index (χ0) is 22.4. The summed E-state index contributed by atoms with van der Waals surface area (Å²) in [6.07, 6.45) is 3.65. The predicted octanol–water partition coefficient (Wildman–Crippen LogP) is 3.95. The Morgan fingerprint density at radius 2 is 1.81 bits per heavy atom. The third-order valence-corrected chi connectivity index (χ3v) is 4.69. The van der Waals surface area contributed by atoms with Crippen LogP contribution in [0.2, 0.25) is 0 Å². The van der Waals surface area contributed by atoms with Crippen LogP contribution in [-0.2, 0) is 4.79 Å². The summed E-state index contributed by atoms with van der Waals surface area (Å²) >= 11 is 0. The van der Waals surface area contributed by atoms with Crippen LogP contribution in [0.1, 0.15) is 36.2 Å². The SMILES string of the molecule is CCC(C)NC(=O)c1cc2ccc(OC(=O)/C=C/c3ccc(OC)cc3)cc2oc1=O. The molecule has 0 bridgehead atoms. The van der Waals surface area contributed by atoms with Gasteiger partial charge in [0.1, 0.15) is 22.6 Å². The molecule has 160 valence electrons. The van der Waals surface area contributed by atoms with Gasteiger partial charge in [-0.25, -0.2) is 9.59 Å². The Morgan fingerprint density at radius 1 is 1.10 bits per heavy atom. The van der Waals surface area contributed by atoms with Crippen molar-refractivity contribution in [2.45, 2.75) is 26.3 Å². The minimum absolute atomic E-state index is 0.0599. The van der Waals surface area contributed by atoms with E-state index in [9.17, 15) is 14.4 Å². The van der Waals surface area contributed by atoms with Gasteiger partial charge in [0.25, 0.3) is 5.91 Å². The molecule has 3 aromatic rings. The number of hydrogen-bond acceptors (Lipinski definition) is 6. The summed E-state index contributed by atoms with van der Waals surface area (Å²) in [7, 11) is 1.58. The fraction of sp³-hybridized carbons (Fsp3) is 0.208. The molecule has 7 heteroatoms. The zero-order valence-corrected chi connectivity index (χ0v) is 17.5. The molecule has 31 heavy (non-hydrogen) atoms. The normalized spacial score (nSPS) is 12.0. The Kier molecular flexibility index (Phi) is 6.87. The average Bonchev–Trinajstić information content (AvgIpc) is 2.77. The first-order chi connectivity index (χ1) is 14.9. The van der Waals surface area contributed by atoms with Crippen molar-refractivity contribution in [3.63, 3.8) is 0 Å². The first-order valence-electron chi connectivity index (χ1n) is 9.82. The van der Waals surface area contributed by atoms with Gasteiger partial charge in [-0.3, -0.25) is 4.79 Å². The van der Waals surface area contributed by atoms with Gasteiger partial charge in [-0.2, -0.15) is 0 Å². The number of ether oxygens (including phenoxy) is 2. The topological polar surface area (TPSA) is 94.8 Å². The van der Waals surface area contributed by atoms with Crippen LogP contribution < -0.4 is 20.4 Å². The number of fused-ring (bicyclic) bond motifs is 1. The maximum absolute atomic E-state index is 12.3. The van der Waals surface area contributed by atoms with Crippen molar-refractivity contribution in [1.29, 1.82) is 0 Å². The molecule has 0 saturated heterocycles. The van der Waals surface area contributed by atoms with Gasteiger partial charge in [0.2, 0.25) is 0 Å². The molecule has 1 heterocycles. The highest BCUT2D eigenvalue weighted by molar-refractivity contribution is 5.97. The van der Waals surface area contributed by atoms with Crippen molar-refractivity contribution in [2.24, 2.45) is 0 Å². The highest BCUT2D eigenvalue weighted by Gasteiger charge is 2.16. The summed E-state index contributed by atoms with van der Waals surface area (Å²) in [5.41, 5.74) is 0.205. The number of carbonyl (C=O) groups excluding carboxylic acids is 2. The first-order valence-corrected chi connectivity index (χ1v) is 9.82. The van der Waals surface area contributed by atoms with Crippen molar-refractivity contribution in [3.05, 3.63) is 76.2 Å². The van der Waals surface area contributed by atoms with Crippen molar-refractivity contribution in [2.75, 3.05) is 7.11 Å². The van der Waals surface area contributed by atoms with Crippen LogP contribution in [0.25, 0.3) is 17.0 Å². The summed E-state index contributed by atoms with van der Waals surface area (Å²) in [6, 6.07) is 13.2. The highest BCUT2D eigenvalue weighted by atomic mass is 16.5. The number of carbonyl (C=O) groups is 2. The molecule has 2 aromatic carbocycles. The quantitative estimate of drug-likeness (QED) is 0.269. The molecule has 0 saturated carbocycles. The average molecular weight is 421 g/mol. The van der Waals surface area contributed by atoms with E-state index in [1.807, 2.05) is 26.0 Å². The second-order valence-electron chi connectivity index (χ2n) is 6.96. The van der Waals surface area contributed by atoms with Crippen molar-refractivity contribution >= 4 is 28.9 Å². The Balaban J connectivity index is 1.73. The van der Waals surface area contributed by atoms with E-state index in [0.717, 1.165) is 17.7 Å². The number of rotatable bonds is 7. The van der Waals surface area contributed by atoms with Gasteiger partial charge < -0.3 is 19.2 Å². The molecular formula is C24H23NO6. The van der Waals surface area contributed by atoms with Crippen LogP contribution in [0, 0.1) is 0 Å². The summed E-state index contributed by atoms with van der Waals surface area (Å²) in [4.78, 5) is 36.6. The molecule has 0 aliphatic heterocycles. The van der Waals surface area contributed by atoms with Gasteiger partial charge >= 0.3 is 11.6 Å². The lowest BCUT2D eigenvalue weighted by Crippen LogP contribution is -2.34. The summed E-state index contributed by atoms with van der Waals surface area (Å²) in [5.74, 6) is -0.124. The molecule has 1 N–H and O–H groups in total. The van der Waals surface area contributed by atoms with Gasteiger partial charge in [0.15, 0.2) is 0 Å². The number of methoxy groups -OCH3 is 1. The molecule has 0 aliphatic rings. The summed E-state index contributed by atoms with van der Waals surface area (Å²) in [6.45, 7) is 3.78. The molecule has 1 unspecified atom stereocenters. The standard InChI is InChI=1S/C24H23NO6/c1-4-15(2)25-23(27)20-13-17-8-11-19(14-21(17)31-24(20)28)30-22(26)12-7-16-5-9-18(29-3)10-6-16/h5-15H,4H2,1-3H3,(H,25,27)/b12-7+. The molecule has 1 atom stereocenters. The van der Waals surface area contributed by atoms with Crippen molar-refractivity contribution < 1.29 is 23.5 Å². The fourth-order valence-electron chi connectivity index (χ4n) is 2.75. The van der Waals surface area contributed by atoms with Crippen LogP contribution in [0.15, 0.2) is 63.8 Å². The van der Waals surface area contributed by atoms with Crippen molar-refractivity contribution in [3.8, 4) is 11.5 Å². The second-order valence-corrected chi connectivity index (χ2v) is 6.96. The Morgan fingerprint density at radius 3 is 2.48 bits per heavy atom. The highest BCUT2D eigenvalue weighted by Crippen LogP contribution is 2.21. The molecular weight excluding hydrogens is 398 g/mol. The van der Waals surface area contributed by atoms with Crippen LogP contribution in [0.4, 0.5) is 0 Å². The minimum Gasteiger partial charge on any atom is -0.497 e. The largest absolute Gasteiger partial charge is 0.497 e. The lowest BCUT2D eigenvalue weighted by atomic mass is 10.1. The van der Waals surface area contributed by atoms with E-state index in [2.05, 4.69) is 5.32 Å². The van der Waals surface area contributed by atoms with Crippen LogP contribution in [0.5, 0.6) is 11.5 Å². The molecule has 0 aliphatic carbocycles.